The van der Waals surface area contributed by atoms with Gasteiger partial charge in [0.05, 0.1) is 25.4 Å². The van der Waals surface area contributed by atoms with Gasteiger partial charge in [-0.05, 0) is 49.4 Å². The van der Waals surface area contributed by atoms with Crippen molar-refractivity contribution < 1.29 is 14.3 Å². The van der Waals surface area contributed by atoms with E-state index >= 15 is 0 Å². The van der Waals surface area contributed by atoms with Crippen LogP contribution in [0.1, 0.15) is 6.92 Å². The molecular weight excluding hydrogens is 306 g/mol. The molecule has 6 nitrogen and oxygen atoms in total. The molecule has 0 bridgehead atoms. The maximum absolute atomic E-state index is 12.3. The molecule has 1 heterocycles. The molecule has 1 aliphatic heterocycles. The molecule has 0 spiro atoms. The van der Waals surface area contributed by atoms with Gasteiger partial charge >= 0.3 is 0 Å². The van der Waals surface area contributed by atoms with Gasteiger partial charge in [-0.3, -0.25) is 4.79 Å². The first kappa shape index (κ1) is 16.0. The maximum atomic E-state index is 12.3. The number of nitrogen functional groups attached to an aromatic ring is 1. The zero-order valence-electron chi connectivity index (χ0n) is 13.6. The molecule has 2 aromatic rings. The molecule has 6 heteroatoms. The van der Waals surface area contributed by atoms with Gasteiger partial charge in [0.15, 0.2) is 0 Å². The third-order valence-electron chi connectivity index (χ3n) is 3.73. The van der Waals surface area contributed by atoms with Crippen molar-refractivity contribution in [2.45, 2.75) is 6.92 Å². The normalized spacial score (nSPS) is 13.0. The van der Waals surface area contributed by atoms with Gasteiger partial charge in [0.1, 0.15) is 18.1 Å². The SMILES string of the molecule is CCOc1ccc(NC(=O)CN2CCOc3ccc(N)cc32)cc1. The lowest BCUT2D eigenvalue weighted by Crippen LogP contribution is -2.38. The summed E-state index contributed by atoms with van der Waals surface area (Å²) in [4.78, 5) is 14.3. The third-order valence-corrected chi connectivity index (χ3v) is 3.73. The number of nitrogens with one attached hydrogen (secondary N) is 1. The number of nitrogens with zero attached hydrogens (tertiary/aromatic N) is 1. The summed E-state index contributed by atoms with van der Waals surface area (Å²) in [5.41, 5.74) is 8.08. The van der Waals surface area contributed by atoms with E-state index in [1.165, 1.54) is 0 Å². The Morgan fingerprint density at radius 1 is 1.29 bits per heavy atom. The molecule has 1 amide bonds. The van der Waals surface area contributed by atoms with Crippen LogP contribution in [0.3, 0.4) is 0 Å². The van der Waals surface area contributed by atoms with Crippen LogP contribution >= 0.6 is 0 Å². The first-order chi connectivity index (χ1) is 11.7. The molecule has 1 aliphatic rings. The minimum absolute atomic E-state index is 0.0885. The highest BCUT2D eigenvalue weighted by molar-refractivity contribution is 5.94. The van der Waals surface area contributed by atoms with Gasteiger partial charge in [-0.1, -0.05) is 0 Å². The molecular formula is C18H21N3O3. The van der Waals surface area contributed by atoms with Crippen molar-refractivity contribution in [1.29, 1.82) is 0 Å². The van der Waals surface area contributed by atoms with Gasteiger partial charge in [0.25, 0.3) is 0 Å². The topological polar surface area (TPSA) is 76.8 Å². The highest BCUT2D eigenvalue weighted by Gasteiger charge is 2.20. The standard InChI is InChI=1S/C18H21N3O3/c1-2-23-15-6-4-14(5-7-15)20-18(22)12-21-9-10-24-17-8-3-13(19)11-16(17)21/h3-8,11H,2,9-10,12,19H2,1H3,(H,20,22). The number of benzene rings is 2. The Morgan fingerprint density at radius 3 is 2.83 bits per heavy atom. The number of hydrogen-bond donors (Lipinski definition) is 2. The molecule has 3 N–H and O–H groups in total. The summed E-state index contributed by atoms with van der Waals surface area (Å²) in [5, 5.41) is 2.90. The zero-order chi connectivity index (χ0) is 16.9. The second-order valence-electron chi connectivity index (χ2n) is 5.50. The summed E-state index contributed by atoms with van der Waals surface area (Å²) in [7, 11) is 0. The summed E-state index contributed by atoms with van der Waals surface area (Å²) in [5.74, 6) is 1.45. The summed E-state index contributed by atoms with van der Waals surface area (Å²) in [6, 6.07) is 12.8. The average Bonchev–Trinajstić information content (AvgIpc) is 2.57. The number of carbonyl (C=O) groups is 1. The van der Waals surface area contributed by atoms with Crippen molar-refractivity contribution in [3.63, 3.8) is 0 Å². The number of fused-ring (bicyclic) bond motifs is 1. The summed E-state index contributed by atoms with van der Waals surface area (Å²) >= 11 is 0. The van der Waals surface area contributed by atoms with Crippen molar-refractivity contribution >= 4 is 23.0 Å². The number of ether oxygens (including phenoxy) is 2. The first-order valence-electron chi connectivity index (χ1n) is 7.95. The average molecular weight is 327 g/mol. The molecule has 126 valence electrons. The second-order valence-corrected chi connectivity index (χ2v) is 5.50. The van der Waals surface area contributed by atoms with Crippen LogP contribution in [0.2, 0.25) is 0 Å². The highest BCUT2D eigenvalue weighted by Crippen LogP contribution is 2.33. The lowest BCUT2D eigenvalue weighted by Gasteiger charge is -2.30. The highest BCUT2D eigenvalue weighted by atomic mass is 16.5. The first-order valence-corrected chi connectivity index (χ1v) is 7.95. The fourth-order valence-corrected chi connectivity index (χ4v) is 2.63. The Balaban J connectivity index is 1.64. The smallest absolute Gasteiger partial charge is 0.243 e. The van der Waals surface area contributed by atoms with E-state index in [1.807, 2.05) is 48.2 Å². The minimum Gasteiger partial charge on any atom is -0.494 e. The summed E-state index contributed by atoms with van der Waals surface area (Å²) < 4.78 is 11.0. The summed E-state index contributed by atoms with van der Waals surface area (Å²) in [6.07, 6.45) is 0. The second kappa shape index (κ2) is 7.12. The van der Waals surface area contributed by atoms with Crippen LogP contribution in [0.15, 0.2) is 42.5 Å². The van der Waals surface area contributed by atoms with Crippen LogP contribution in [0, 0.1) is 0 Å². The van der Waals surface area contributed by atoms with E-state index in [9.17, 15) is 4.79 Å². The van der Waals surface area contributed by atoms with Crippen LogP contribution in [-0.4, -0.2) is 32.2 Å². The molecule has 0 saturated heterocycles. The molecule has 0 radical (unpaired) electrons. The van der Waals surface area contributed by atoms with Crippen LogP contribution in [0.5, 0.6) is 11.5 Å². The van der Waals surface area contributed by atoms with E-state index < -0.39 is 0 Å². The fraction of sp³-hybridized carbons (Fsp3) is 0.278. The van der Waals surface area contributed by atoms with Crippen molar-refractivity contribution in [1.82, 2.24) is 0 Å². The predicted octanol–water partition coefficient (Wildman–Crippen LogP) is 2.51. The fourth-order valence-electron chi connectivity index (χ4n) is 2.63. The number of rotatable bonds is 5. The van der Waals surface area contributed by atoms with Crippen molar-refractivity contribution in [3.05, 3.63) is 42.5 Å². The van der Waals surface area contributed by atoms with Crippen LogP contribution < -0.4 is 25.4 Å². The maximum Gasteiger partial charge on any atom is 0.243 e. The minimum atomic E-state index is -0.0885. The van der Waals surface area contributed by atoms with Crippen molar-refractivity contribution in [3.8, 4) is 11.5 Å². The molecule has 0 aromatic heterocycles. The Kier molecular flexibility index (Phi) is 4.74. The van der Waals surface area contributed by atoms with Crippen LogP contribution in [-0.2, 0) is 4.79 Å². The molecule has 0 aliphatic carbocycles. The van der Waals surface area contributed by atoms with Gasteiger partial charge in [-0.25, -0.2) is 0 Å². The molecule has 0 fully saturated rings. The lowest BCUT2D eigenvalue weighted by molar-refractivity contribution is -0.115. The van der Waals surface area contributed by atoms with Crippen molar-refractivity contribution in [2.75, 3.05) is 42.3 Å². The Labute approximate surface area is 141 Å². The quantitative estimate of drug-likeness (QED) is 0.825. The van der Waals surface area contributed by atoms with E-state index in [4.69, 9.17) is 15.2 Å². The number of carbonyl (C=O) groups excluding carboxylic acids is 1. The largest absolute Gasteiger partial charge is 0.494 e. The molecule has 2 aromatic carbocycles. The molecule has 3 rings (SSSR count). The third kappa shape index (κ3) is 3.71. The van der Waals surface area contributed by atoms with Crippen LogP contribution in [0.4, 0.5) is 17.1 Å². The molecule has 24 heavy (non-hydrogen) atoms. The van der Waals surface area contributed by atoms with Gasteiger partial charge in [-0.15, -0.1) is 0 Å². The number of amides is 1. The van der Waals surface area contributed by atoms with E-state index in [-0.39, 0.29) is 12.5 Å². The number of hydrogen-bond acceptors (Lipinski definition) is 5. The van der Waals surface area contributed by atoms with Crippen LogP contribution in [0.25, 0.3) is 0 Å². The van der Waals surface area contributed by atoms with E-state index in [2.05, 4.69) is 5.32 Å². The Bertz CT molecular complexity index is 716. The number of anilines is 3. The predicted molar refractivity (Wildman–Crippen MR) is 94.8 cm³/mol. The van der Waals surface area contributed by atoms with Crippen molar-refractivity contribution in [2.24, 2.45) is 0 Å². The van der Waals surface area contributed by atoms with E-state index in [0.29, 0.717) is 25.4 Å². The Hall–Kier alpha value is -2.89. The Morgan fingerprint density at radius 2 is 2.08 bits per heavy atom. The molecule has 0 unspecified atom stereocenters. The van der Waals surface area contributed by atoms with E-state index in [0.717, 1.165) is 22.9 Å². The molecule has 0 saturated carbocycles. The van der Waals surface area contributed by atoms with E-state index in [1.54, 1.807) is 6.07 Å². The monoisotopic (exact) mass is 327 g/mol. The van der Waals surface area contributed by atoms with Gasteiger partial charge in [-0.2, -0.15) is 0 Å². The lowest BCUT2D eigenvalue weighted by atomic mass is 10.2. The van der Waals surface area contributed by atoms with Gasteiger partial charge < -0.3 is 25.4 Å². The summed E-state index contributed by atoms with van der Waals surface area (Å²) in [6.45, 7) is 3.99. The number of nitrogens with two attached hydrogens (primary N) is 1. The molecule has 0 atom stereocenters. The van der Waals surface area contributed by atoms with Gasteiger partial charge in [0.2, 0.25) is 5.91 Å². The van der Waals surface area contributed by atoms with Gasteiger partial charge in [0, 0.05) is 11.4 Å². The zero-order valence-corrected chi connectivity index (χ0v) is 13.6.